The van der Waals surface area contributed by atoms with Crippen LogP contribution < -0.4 is 15.4 Å². The Morgan fingerprint density at radius 2 is 1.49 bits per heavy atom. The third-order valence-corrected chi connectivity index (χ3v) is 9.71. The molecule has 2 aromatic carbocycles. The zero-order valence-corrected chi connectivity index (χ0v) is 30.3. The van der Waals surface area contributed by atoms with Crippen LogP contribution in [0.25, 0.3) is 22.5 Å². The van der Waals surface area contributed by atoms with Gasteiger partial charge in [0, 0.05) is 47.8 Å². The van der Waals surface area contributed by atoms with E-state index in [1.165, 1.54) is 43.9 Å². The summed E-state index contributed by atoms with van der Waals surface area (Å²) in [6, 6.07) is 18.7. The van der Waals surface area contributed by atoms with Crippen molar-refractivity contribution in [1.82, 2.24) is 20.6 Å². The molecule has 0 aliphatic carbocycles. The largest absolute Gasteiger partial charge is 0.494 e. The standard InChI is InChI=1S/C40H50N4O4S/c1-6-7-8-9-10-24-48-33-19-17-30(18-20-33)32-26-42-37(43-27-32)31-15-13-29(14-16-31)25-34(38(46)41-23-11-12-28(2)45)44-39(47)35-21-22-36(49-35)40(3,4)5/h13-22,26-27,34H,6-12,23-25H2,1-5H3,(H,41,46)(H,44,47)/t34-/m0/s1. The molecule has 2 amide bonds. The molecule has 2 N–H and O–H groups in total. The summed E-state index contributed by atoms with van der Waals surface area (Å²) in [4.78, 5) is 48.7. The van der Waals surface area contributed by atoms with Crippen LogP contribution >= 0.6 is 11.3 Å². The number of rotatable bonds is 18. The van der Waals surface area contributed by atoms with Crippen molar-refractivity contribution in [2.45, 2.75) is 97.4 Å². The fourth-order valence-corrected chi connectivity index (χ4v) is 6.23. The number of thiophene rings is 1. The number of Topliss-reactive ketones (excluding diaryl/α,β-unsaturated/α-hetero) is 1. The van der Waals surface area contributed by atoms with Crippen LogP contribution in [0.15, 0.2) is 73.1 Å². The van der Waals surface area contributed by atoms with Crippen LogP contribution in [0.1, 0.15) is 99.7 Å². The number of carbonyl (C=O) groups excluding carboxylic acids is 3. The molecule has 0 saturated heterocycles. The first-order valence-electron chi connectivity index (χ1n) is 17.4. The minimum atomic E-state index is -0.783. The second kappa shape index (κ2) is 18.4. The Morgan fingerprint density at radius 3 is 2.12 bits per heavy atom. The van der Waals surface area contributed by atoms with E-state index in [2.05, 4.69) is 48.3 Å². The van der Waals surface area contributed by atoms with Gasteiger partial charge in [0.2, 0.25) is 5.91 Å². The molecular weight excluding hydrogens is 633 g/mol. The van der Waals surface area contributed by atoms with Crippen LogP contribution in [0.5, 0.6) is 5.75 Å². The van der Waals surface area contributed by atoms with Crippen molar-refractivity contribution in [1.29, 1.82) is 0 Å². The highest BCUT2D eigenvalue weighted by Crippen LogP contribution is 2.29. The fraction of sp³-hybridized carbons (Fsp3) is 0.425. The molecule has 4 rings (SSSR count). The third kappa shape index (κ3) is 11.9. The van der Waals surface area contributed by atoms with Gasteiger partial charge in [0.05, 0.1) is 11.5 Å². The lowest BCUT2D eigenvalue weighted by molar-refractivity contribution is -0.123. The zero-order chi connectivity index (χ0) is 35.2. The zero-order valence-electron chi connectivity index (χ0n) is 29.5. The van der Waals surface area contributed by atoms with E-state index in [-0.39, 0.29) is 23.0 Å². The molecule has 8 nitrogen and oxygen atoms in total. The van der Waals surface area contributed by atoms with Crippen LogP contribution in [-0.4, -0.2) is 46.8 Å². The summed E-state index contributed by atoms with van der Waals surface area (Å²) in [7, 11) is 0. The molecule has 0 spiro atoms. The third-order valence-electron chi connectivity index (χ3n) is 8.20. The van der Waals surface area contributed by atoms with Crippen LogP contribution in [-0.2, 0) is 21.4 Å². The van der Waals surface area contributed by atoms with Crippen LogP contribution in [0.2, 0.25) is 0 Å². The van der Waals surface area contributed by atoms with Gasteiger partial charge < -0.3 is 20.2 Å². The van der Waals surface area contributed by atoms with E-state index in [0.717, 1.165) is 45.9 Å². The maximum absolute atomic E-state index is 13.2. The Hall–Kier alpha value is -4.37. The summed E-state index contributed by atoms with van der Waals surface area (Å²) in [5, 5.41) is 5.84. The van der Waals surface area contributed by atoms with Crippen molar-refractivity contribution in [2.24, 2.45) is 0 Å². The molecule has 260 valence electrons. The maximum Gasteiger partial charge on any atom is 0.262 e. The number of nitrogens with one attached hydrogen (secondary N) is 2. The summed E-state index contributed by atoms with van der Waals surface area (Å²) in [6.45, 7) is 11.2. The molecule has 0 saturated carbocycles. The number of benzene rings is 2. The van der Waals surface area contributed by atoms with E-state index in [1.54, 1.807) is 0 Å². The topological polar surface area (TPSA) is 110 Å². The van der Waals surface area contributed by atoms with Gasteiger partial charge in [-0.15, -0.1) is 11.3 Å². The Kier molecular flexibility index (Phi) is 14.1. The number of hydrogen-bond acceptors (Lipinski definition) is 7. The molecule has 0 unspecified atom stereocenters. The van der Waals surface area contributed by atoms with Crippen molar-refractivity contribution in [3.63, 3.8) is 0 Å². The number of ketones is 1. The smallest absolute Gasteiger partial charge is 0.262 e. The Labute approximate surface area is 295 Å². The molecule has 0 bridgehead atoms. The first-order valence-corrected chi connectivity index (χ1v) is 18.2. The molecular formula is C40H50N4O4S. The minimum absolute atomic E-state index is 0.0732. The van der Waals surface area contributed by atoms with Gasteiger partial charge in [-0.25, -0.2) is 9.97 Å². The van der Waals surface area contributed by atoms with Gasteiger partial charge in [-0.3, -0.25) is 9.59 Å². The lowest BCUT2D eigenvalue weighted by Gasteiger charge is -2.19. The summed E-state index contributed by atoms with van der Waals surface area (Å²) in [5.74, 6) is 0.973. The second-order valence-corrected chi connectivity index (χ2v) is 14.6. The maximum atomic E-state index is 13.2. The number of carbonyl (C=O) groups is 3. The van der Waals surface area contributed by atoms with Gasteiger partial charge in [0.15, 0.2) is 5.82 Å². The van der Waals surface area contributed by atoms with E-state index in [9.17, 15) is 14.4 Å². The van der Waals surface area contributed by atoms with Gasteiger partial charge in [0.1, 0.15) is 17.6 Å². The summed E-state index contributed by atoms with van der Waals surface area (Å²) in [6.07, 6.45) is 10.9. The van der Waals surface area contributed by atoms with Crippen LogP contribution in [0.4, 0.5) is 0 Å². The van der Waals surface area contributed by atoms with Gasteiger partial charge >= 0.3 is 0 Å². The molecule has 0 aliphatic rings. The van der Waals surface area contributed by atoms with Crippen molar-refractivity contribution in [2.75, 3.05) is 13.2 Å². The molecule has 0 fully saturated rings. The number of hydrogen-bond donors (Lipinski definition) is 2. The minimum Gasteiger partial charge on any atom is -0.494 e. The van der Waals surface area contributed by atoms with Crippen LogP contribution in [0.3, 0.4) is 0 Å². The second-order valence-electron chi connectivity index (χ2n) is 13.5. The van der Waals surface area contributed by atoms with E-state index >= 15 is 0 Å². The highest BCUT2D eigenvalue weighted by Gasteiger charge is 2.24. The first kappa shape index (κ1) is 37.4. The molecule has 2 aromatic heterocycles. The van der Waals surface area contributed by atoms with E-state index < -0.39 is 6.04 Å². The van der Waals surface area contributed by atoms with Crippen LogP contribution in [0, 0.1) is 0 Å². The quantitative estimate of drug-likeness (QED) is 0.102. The molecule has 1 atom stereocenters. The van der Waals surface area contributed by atoms with E-state index in [0.29, 0.717) is 36.5 Å². The highest BCUT2D eigenvalue weighted by atomic mass is 32.1. The van der Waals surface area contributed by atoms with Gasteiger partial charge in [-0.05, 0) is 60.6 Å². The molecule has 4 aromatic rings. The highest BCUT2D eigenvalue weighted by molar-refractivity contribution is 7.14. The normalized spacial score (nSPS) is 11.9. The van der Waals surface area contributed by atoms with E-state index in [1.807, 2.05) is 73.1 Å². The Morgan fingerprint density at radius 1 is 0.816 bits per heavy atom. The molecule has 2 heterocycles. The van der Waals surface area contributed by atoms with Crippen molar-refractivity contribution < 1.29 is 19.1 Å². The molecule has 9 heteroatoms. The van der Waals surface area contributed by atoms with Crippen molar-refractivity contribution >= 4 is 28.9 Å². The number of ether oxygens (including phenoxy) is 1. The van der Waals surface area contributed by atoms with Crippen molar-refractivity contribution in [3.8, 4) is 28.3 Å². The molecule has 49 heavy (non-hydrogen) atoms. The average Bonchev–Trinajstić information content (AvgIpc) is 3.60. The molecule has 0 aliphatic heterocycles. The number of unbranched alkanes of at least 4 members (excludes halogenated alkanes) is 4. The predicted octanol–water partition coefficient (Wildman–Crippen LogP) is 8.35. The lowest BCUT2D eigenvalue weighted by atomic mass is 9.95. The Balaban J connectivity index is 1.38. The predicted molar refractivity (Wildman–Crippen MR) is 198 cm³/mol. The SMILES string of the molecule is CCCCCCCOc1ccc(-c2cnc(-c3ccc(C[C@H](NC(=O)c4ccc(C(C)(C)C)s4)C(=O)NCCCC(C)=O)cc3)nc2)cc1. The van der Waals surface area contributed by atoms with E-state index in [4.69, 9.17) is 4.74 Å². The van der Waals surface area contributed by atoms with Gasteiger partial charge in [-0.1, -0.05) is 89.8 Å². The van der Waals surface area contributed by atoms with Crippen molar-refractivity contribution in [3.05, 3.63) is 88.4 Å². The summed E-state index contributed by atoms with van der Waals surface area (Å²) < 4.78 is 5.90. The summed E-state index contributed by atoms with van der Waals surface area (Å²) >= 11 is 1.44. The van der Waals surface area contributed by atoms with Gasteiger partial charge in [0.25, 0.3) is 5.91 Å². The monoisotopic (exact) mass is 682 g/mol. The number of nitrogens with zero attached hydrogens (tertiary/aromatic N) is 2. The van der Waals surface area contributed by atoms with Gasteiger partial charge in [-0.2, -0.15) is 0 Å². The first-order chi connectivity index (χ1) is 23.5. The lowest BCUT2D eigenvalue weighted by Crippen LogP contribution is -2.48. The number of amides is 2. The average molecular weight is 683 g/mol. The summed E-state index contributed by atoms with van der Waals surface area (Å²) in [5.41, 5.74) is 3.59. The Bertz CT molecular complexity index is 1640. The fourth-order valence-electron chi connectivity index (χ4n) is 5.26. The number of aromatic nitrogens is 2. The molecule has 0 radical (unpaired) electrons.